The Kier molecular flexibility index (Phi) is 4.69. The Hall–Kier alpha value is -1.67. The molecule has 1 nitrogen and oxygen atoms in total. The monoisotopic (exact) mass is 257 g/mol. The summed E-state index contributed by atoms with van der Waals surface area (Å²) in [6.07, 6.45) is 0.719. The molecular weight excluding hydrogens is 237 g/mol. The quantitative estimate of drug-likeness (QED) is 0.861. The van der Waals surface area contributed by atoms with Crippen LogP contribution in [-0.4, -0.2) is 13.6 Å². The molecule has 1 unspecified atom stereocenters. The van der Waals surface area contributed by atoms with E-state index < -0.39 is 0 Å². The molecule has 0 aliphatic heterocycles. The molecule has 0 fully saturated rings. The van der Waals surface area contributed by atoms with E-state index in [-0.39, 0.29) is 5.82 Å². The lowest BCUT2D eigenvalue weighted by atomic mass is 9.91. The lowest BCUT2D eigenvalue weighted by molar-refractivity contribution is 0.574. The molecule has 0 heterocycles. The molecule has 1 atom stereocenters. The number of aryl methyl sites for hydroxylation is 1. The van der Waals surface area contributed by atoms with E-state index in [9.17, 15) is 4.39 Å². The summed E-state index contributed by atoms with van der Waals surface area (Å²) in [6.45, 7) is 2.92. The third-order valence-electron chi connectivity index (χ3n) is 3.42. The highest BCUT2D eigenvalue weighted by atomic mass is 19.1. The second-order valence-corrected chi connectivity index (χ2v) is 4.96. The smallest absolute Gasteiger partial charge is 0.126 e. The minimum absolute atomic E-state index is 0.115. The zero-order chi connectivity index (χ0) is 13.7. The maximum absolute atomic E-state index is 13.7. The maximum Gasteiger partial charge on any atom is 0.126 e. The van der Waals surface area contributed by atoms with E-state index in [1.165, 1.54) is 17.2 Å². The Bertz CT molecular complexity index is 519. The summed E-state index contributed by atoms with van der Waals surface area (Å²) >= 11 is 0. The van der Waals surface area contributed by atoms with Gasteiger partial charge in [0.1, 0.15) is 5.82 Å². The minimum Gasteiger partial charge on any atom is -0.319 e. The molecule has 1 N–H and O–H groups in total. The highest BCUT2D eigenvalue weighted by molar-refractivity contribution is 5.28. The van der Waals surface area contributed by atoms with Crippen LogP contribution in [0.25, 0.3) is 0 Å². The van der Waals surface area contributed by atoms with Gasteiger partial charge in [-0.1, -0.05) is 48.0 Å². The van der Waals surface area contributed by atoms with E-state index in [4.69, 9.17) is 0 Å². The van der Waals surface area contributed by atoms with Crippen LogP contribution >= 0.6 is 0 Å². The molecule has 2 rings (SSSR count). The Labute approximate surface area is 114 Å². The predicted molar refractivity (Wildman–Crippen MR) is 78.0 cm³/mol. The largest absolute Gasteiger partial charge is 0.319 e. The fourth-order valence-electron chi connectivity index (χ4n) is 2.32. The molecule has 2 heteroatoms. The summed E-state index contributed by atoms with van der Waals surface area (Å²) in [4.78, 5) is 0. The van der Waals surface area contributed by atoms with Crippen molar-refractivity contribution in [1.82, 2.24) is 5.32 Å². The third-order valence-corrected chi connectivity index (χ3v) is 3.42. The SMILES string of the molecule is CNCC(Cc1ccccc1F)c1ccc(C)cc1. The van der Waals surface area contributed by atoms with Crippen LogP contribution in [0, 0.1) is 12.7 Å². The van der Waals surface area contributed by atoms with E-state index in [1.807, 2.05) is 19.2 Å². The number of rotatable bonds is 5. The van der Waals surface area contributed by atoms with E-state index in [2.05, 4.69) is 36.5 Å². The maximum atomic E-state index is 13.7. The highest BCUT2D eigenvalue weighted by Crippen LogP contribution is 2.22. The van der Waals surface area contributed by atoms with E-state index >= 15 is 0 Å². The third kappa shape index (κ3) is 3.65. The van der Waals surface area contributed by atoms with Gasteiger partial charge in [-0.3, -0.25) is 0 Å². The van der Waals surface area contributed by atoms with Crippen molar-refractivity contribution in [3.05, 3.63) is 71.0 Å². The molecule has 0 aliphatic carbocycles. The zero-order valence-electron chi connectivity index (χ0n) is 11.5. The van der Waals surface area contributed by atoms with Gasteiger partial charge in [0.05, 0.1) is 0 Å². The van der Waals surface area contributed by atoms with E-state index in [0.717, 1.165) is 18.5 Å². The van der Waals surface area contributed by atoms with Crippen LogP contribution in [0.2, 0.25) is 0 Å². The molecule has 0 saturated heterocycles. The Morgan fingerprint density at radius 1 is 1.05 bits per heavy atom. The number of likely N-dealkylation sites (N-methyl/N-ethyl adjacent to an activating group) is 1. The molecular formula is C17H20FN. The van der Waals surface area contributed by atoms with Gasteiger partial charge in [0.25, 0.3) is 0 Å². The Morgan fingerprint density at radius 2 is 1.74 bits per heavy atom. The van der Waals surface area contributed by atoms with Gasteiger partial charge in [0.15, 0.2) is 0 Å². The van der Waals surface area contributed by atoms with Crippen LogP contribution in [0.5, 0.6) is 0 Å². The van der Waals surface area contributed by atoms with E-state index in [1.54, 1.807) is 6.07 Å². The van der Waals surface area contributed by atoms with Crippen LogP contribution in [0.3, 0.4) is 0 Å². The molecule has 19 heavy (non-hydrogen) atoms. The number of benzene rings is 2. The standard InChI is InChI=1S/C17H20FN/c1-13-7-9-14(10-8-13)16(12-19-2)11-15-5-3-4-6-17(15)18/h3-10,16,19H,11-12H2,1-2H3. The lowest BCUT2D eigenvalue weighted by Crippen LogP contribution is -2.19. The van der Waals surface area contributed by atoms with Gasteiger partial charge in [-0.2, -0.15) is 0 Å². The van der Waals surface area contributed by atoms with Gasteiger partial charge in [0, 0.05) is 12.5 Å². The molecule has 0 aromatic heterocycles. The van der Waals surface area contributed by atoms with Crippen molar-refractivity contribution in [2.45, 2.75) is 19.3 Å². The molecule has 0 bridgehead atoms. The van der Waals surface area contributed by atoms with Gasteiger partial charge < -0.3 is 5.32 Å². The molecule has 0 aliphatic rings. The molecule has 0 radical (unpaired) electrons. The molecule has 0 spiro atoms. The Balaban J connectivity index is 2.21. The van der Waals surface area contributed by atoms with Crippen molar-refractivity contribution in [3.63, 3.8) is 0 Å². The number of halogens is 1. The highest BCUT2D eigenvalue weighted by Gasteiger charge is 2.13. The number of nitrogens with one attached hydrogen (secondary N) is 1. The fourth-order valence-corrected chi connectivity index (χ4v) is 2.32. The van der Waals surface area contributed by atoms with Crippen molar-refractivity contribution >= 4 is 0 Å². The van der Waals surface area contributed by atoms with Crippen molar-refractivity contribution < 1.29 is 4.39 Å². The van der Waals surface area contributed by atoms with Crippen molar-refractivity contribution in [2.24, 2.45) is 0 Å². The van der Waals surface area contributed by atoms with Crippen LogP contribution in [0.1, 0.15) is 22.6 Å². The molecule has 0 amide bonds. The predicted octanol–water partition coefficient (Wildman–Crippen LogP) is 3.68. The summed E-state index contributed by atoms with van der Waals surface area (Å²) in [6, 6.07) is 15.5. The Morgan fingerprint density at radius 3 is 2.37 bits per heavy atom. The average Bonchev–Trinajstić information content (AvgIpc) is 2.42. The van der Waals surface area contributed by atoms with Crippen LogP contribution in [0.15, 0.2) is 48.5 Å². The lowest BCUT2D eigenvalue weighted by Gasteiger charge is -2.18. The first kappa shape index (κ1) is 13.8. The van der Waals surface area contributed by atoms with Crippen molar-refractivity contribution in [3.8, 4) is 0 Å². The number of hydrogen-bond donors (Lipinski definition) is 1. The number of hydrogen-bond acceptors (Lipinski definition) is 1. The zero-order valence-corrected chi connectivity index (χ0v) is 11.5. The van der Waals surface area contributed by atoms with Gasteiger partial charge >= 0.3 is 0 Å². The second-order valence-electron chi connectivity index (χ2n) is 4.96. The van der Waals surface area contributed by atoms with Crippen LogP contribution in [-0.2, 0) is 6.42 Å². The fraction of sp³-hybridized carbons (Fsp3) is 0.294. The van der Waals surface area contributed by atoms with Gasteiger partial charge in [-0.05, 0) is 37.6 Å². The summed E-state index contributed by atoms with van der Waals surface area (Å²) in [5.41, 5.74) is 3.28. The first-order chi connectivity index (χ1) is 9.20. The normalized spacial score (nSPS) is 12.4. The minimum atomic E-state index is -0.115. The van der Waals surface area contributed by atoms with Crippen LogP contribution < -0.4 is 5.32 Å². The molecule has 100 valence electrons. The van der Waals surface area contributed by atoms with Gasteiger partial charge in [-0.25, -0.2) is 4.39 Å². The molecule has 2 aromatic rings. The van der Waals surface area contributed by atoms with E-state index in [0.29, 0.717) is 5.92 Å². The summed E-state index contributed by atoms with van der Waals surface area (Å²) in [7, 11) is 1.93. The summed E-state index contributed by atoms with van der Waals surface area (Å²) in [5.74, 6) is 0.179. The first-order valence-electron chi connectivity index (χ1n) is 6.65. The van der Waals surface area contributed by atoms with Gasteiger partial charge in [-0.15, -0.1) is 0 Å². The second kappa shape index (κ2) is 6.48. The topological polar surface area (TPSA) is 12.0 Å². The summed E-state index contributed by atoms with van der Waals surface area (Å²) in [5, 5.41) is 3.20. The summed E-state index contributed by atoms with van der Waals surface area (Å²) < 4.78 is 13.7. The molecule has 2 aromatic carbocycles. The molecule has 0 saturated carbocycles. The van der Waals surface area contributed by atoms with Crippen LogP contribution in [0.4, 0.5) is 4.39 Å². The average molecular weight is 257 g/mol. The van der Waals surface area contributed by atoms with Gasteiger partial charge in [0.2, 0.25) is 0 Å². The first-order valence-corrected chi connectivity index (χ1v) is 6.65. The van der Waals surface area contributed by atoms with Crippen molar-refractivity contribution in [1.29, 1.82) is 0 Å². The van der Waals surface area contributed by atoms with Crippen molar-refractivity contribution in [2.75, 3.05) is 13.6 Å².